The van der Waals surface area contributed by atoms with E-state index in [-0.39, 0.29) is 29.8 Å². The summed E-state index contributed by atoms with van der Waals surface area (Å²) in [6.45, 7) is 5.23. The van der Waals surface area contributed by atoms with Crippen LogP contribution < -0.4 is 15.8 Å². The van der Waals surface area contributed by atoms with Crippen molar-refractivity contribution in [3.63, 3.8) is 0 Å². The Morgan fingerprint density at radius 2 is 2.15 bits per heavy atom. The first kappa shape index (κ1) is 21.2. The van der Waals surface area contributed by atoms with Crippen LogP contribution in [0.3, 0.4) is 0 Å². The Bertz CT molecular complexity index is 633. The molecular weight excluding hydrogens is 342 g/mol. The molecule has 0 aromatic heterocycles. The number of nitrogens with two attached hydrogens (primary N) is 1. The first-order valence-corrected chi connectivity index (χ1v) is 9.95. The van der Waals surface area contributed by atoms with E-state index in [1.54, 1.807) is 7.11 Å². The number of likely N-dealkylation sites (tertiary alicyclic amines) is 1. The fraction of sp³-hybridized carbons (Fsp3) is 0.619. The SMILES string of the molecule is CCCCN1C(=O)CCC(C(=O)NCCC(C)N)C1c1ccccc1OC. The molecule has 0 radical (unpaired) electrons. The lowest BCUT2D eigenvalue weighted by molar-refractivity contribution is -0.143. The van der Waals surface area contributed by atoms with Crippen LogP contribution in [0.5, 0.6) is 5.75 Å². The fourth-order valence-corrected chi connectivity index (χ4v) is 3.67. The molecule has 0 aliphatic carbocycles. The van der Waals surface area contributed by atoms with Crippen LogP contribution in [0.2, 0.25) is 0 Å². The number of hydrogen-bond acceptors (Lipinski definition) is 4. The third-order valence-electron chi connectivity index (χ3n) is 5.15. The van der Waals surface area contributed by atoms with Crippen LogP contribution in [0.25, 0.3) is 0 Å². The summed E-state index contributed by atoms with van der Waals surface area (Å²) < 4.78 is 5.54. The number of rotatable bonds is 9. The van der Waals surface area contributed by atoms with Crippen molar-refractivity contribution in [2.75, 3.05) is 20.2 Å². The van der Waals surface area contributed by atoms with Gasteiger partial charge in [-0.1, -0.05) is 31.5 Å². The van der Waals surface area contributed by atoms with Crippen LogP contribution in [0, 0.1) is 5.92 Å². The normalized spacial score (nSPS) is 21.0. The zero-order chi connectivity index (χ0) is 19.8. The van der Waals surface area contributed by atoms with Gasteiger partial charge in [0, 0.05) is 31.1 Å². The number of nitrogens with zero attached hydrogens (tertiary/aromatic N) is 1. The van der Waals surface area contributed by atoms with E-state index >= 15 is 0 Å². The maximum Gasteiger partial charge on any atom is 0.225 e. The zero-order valence-corrected chi connectivity index (χ0v) is 16.7. The predicted molar refractivity (Wildman–Crippen MR) is 106 cm³/mol. The molecule has 2 amide bonds. The van der Waals surface area contributed by atoms with Crippen molar-refractivity contribution >= 4 is 11.8 Å². The molecule has 6 nitrogen and oxygen atoms in total. The van der Waals surface area contributed by atoms with E-state index in [4.69, 9.17) is 10.5 Å². The molecule has 0 bridgehead atoms. The van der Waals surface area contributed by atoms with E-state index in [9.17, 15) is 9.59 Å². The van der Waals surface area contributed by atoms with E-state index < -0.39 is 0 Å². The van der Waals surface area contributed by atoms with Crippen LogP contribution in [-0.4, -0.2) is 43.0 Å². The molecule has 1 aromatic carbocycles. The fourth-order valence-electron chi connectivity index (χ4n) is 3.67. The van der Waals surface area contributed by atoms with E-state index in [0.29, 0.717) is 31.7 Å². The summed E-state index contributed by atoms with van der Waals surface area (Å²) in [5.74, 6) is 0.524. The molecule has 3 atom stereocenters. The summed E-state index contributed by atoms with van der Waals surface area (Å²) in [5, 5.41) is 3.01. The second-order valence-corrected chi connectivity index (χ2v) is 7.33. The lowest BCUT2D eigenvalue weighted by Gasteiger charge is -2.41. The number of methoxy groups -OCH3 is 1. The molecule has 27 heavy (non-hydrogen) atoms. The minimum Gasteiger partial charge on any atom is -0.496 e. The monoisotopic (exact) mass is 375 g/mol. The van der Waals surface area contributed by atoms with Gasteiger partial charge in [0.2, 0.25) is 11.8 Å². The van der Waals surface area contributed by atoms with Gasteiger partial charge in [-0.3, -0.25) is 9.59 Å². The molecule has 0 saturated carbocycles. The van der Waals surface area contributed by atoms with Crippen molar-refractivity contribution in [2.24, 2.45) is 11.7 Å². The van der Waals surface area contributed by atoms with E-state index in [1.807, 2.05) is 36.1 Å². The molecule has 1 aliphatic rings. The van der Waals surface area contributed by atoms with Gasteiger partial charge in [-0.05, 0) is 32.3 Å². The van der Waals surface area contributed by atoms with Gasteiger partial charge in [-0.15, -0.1) is 0 Å². The highest BCUT2D eigenvalue weighted by Crippen LogP contribution is 2.40. The topological polar surface area (TPSA) is 84.7 Å². The molecule has 1 aliphatic heterocycles. The van der Waals surface area contributed by atoms with E-state index in [2.05, 4.69) is 12.2 Å². The highest BCUT2D eigenvalue weighted by Gasteiger charge is 2.41. The van der Waals surface area contributed by atoms with Gasteiger partial charge in [0.25, 0.3) is 0 Å². The number of nitrogens with one attached hydrogen (secondary N) is 1. The largest absolute Gasteiger partial charge is 0.496 e. The van der Waals surface area contributed by atoms with Gasteiger partial charge >= 0.3 is 0 Å². The maximum absolute atomic E-state index is 13.0. The highest BCUT2D eigenvalue weighted by atomic mass is 16.5. The lowest BCUT2D eigenvalue weighted by Crippen LogP contribution is -2.48. The average Bonchev–Trinajstić information content (AvgIpc) is 2.66. The molecule has 3 unspecified atom stereocenters. The Morgan fingerprint density at radius 1 is 1.41 bits per heavy atom. The molecular formula is C21H33N3O3. The van der Waals surface area contributed by atoms with Crippen LogP contribution in [0.4, 0.5) is 0 Å². The van der Waals surface area contributed by atoms with Gasteiger partial charge in [-0.2, -0.15) is 0 Å². The predicted octanol–water partition coefficient (Wildman–Crippen LogP) is 2.63. The summed E-state index contributed by atoms with van der Waals surface area (Å²) in [4.78, 5) is 27.5. The number of benzene rings is 1. The third kappa shape index (κ3) is 5.45. The average molecular weight is 376 g/mol. The van der Waals surface area contributed by atoms with Crippen LogP contribution >= 0.6 is 0 Å². The molecule has 1 heterocycles. The van der Waals surface area contributed by atoms with Gasteiger partial charge < -0.3 is 20.7 Å². The summed E-state index contributed by atoms with van der Waals surface area (Å²) in [5.41, 5.74) is 6.69. The Balaban J connectivity index is 2.32. The first-order chi connectivity index (χ1) is 13.0. The molecule has 150 valence electrons. The number of unbranched alkanes of at least 4 members (excludes halogenated alkanes) is 1. The van der Waals surface area contributed by atoms with Crippen LogP contribution in [-0.2, 0) is 9.59 Å². The van der Waals surface area contributed by atoms with Gasteiger partial charge in [0.05, 0.1) is 19.1 Å². The Morgan fingerprint density at radius 3 is 2.81 bits per heavy atom. The summed E-state index contributed by atoms with van der Waals surface area (Å²) in [6, 6.07) is 7.43. The smallest absolute Gasteiger partial charge is 0.225 e. The number of ether oxygens (including phenoxy) is 1. The van der Waals surface area contributed by atoms with Crippen molar-refractivity contribution in [1.29, 1.82) is 0 Å². The quantitative estimate of drug-likeness (QED) is 0.695. The number of carbonyl (C=O) groups is 2. The van der Waals surface area contributed by atoms with Gasteiger partial charge in [0.1, 0.15) is 5.75 Å². The minimum atomic E-state index is -0.302. The number of piperidine rings is 1. The molecule has 1 saturated heterocycles. The number of carbonyl (C=O) groups excluding carboxylic acids is 2. The lowest BCUT2D eigenvalue weighted by atomic mass is 9.83. The second-order valence-electron chi connectivity index (χ2n) is 7.33. The standard InChI is InChI=1S/C21H33N3O3/c1-4-5-14-24-19(25)11-10-17(21(26)23-13-12-15(2)22)20(24)16-8-6-7-9-18(16)27-3/h6-9,15,17,20H,4-5,10-14,22H2,1-3H3,(H,23,26). The van der Waals surface area contributed by atoms with E-state index in [0.717, 1.165) is 24.8 Å². The van der Waals surface area contributed by atoms with E-state index in [1.165, 1.54) is 0 Å². The molecule has 1 fully saturated rings. The number of hydrogen-bond donors (Lipinski definition) is 2. The first-order valence-electron chi connectivity index (χ1n) is 9.95. The van der Waals surface area contributed by atoms with Crippen molar-refractivity contribution in [3.05, 3.63) is 29.8 Å². The summed E-state index contributed by atoms with van der Waals surface area (Å²) in [6.07, 6.45) is 3.59. The maximum atomic E-state index is 13.0. The van der Waals surface area contributed by atoms with Crippen molar-refractivity contribution in [3.8, 4) is 5.75 Å². The van der Waals surface area contributed by atoms with Crippen molar-refractivity contribution < 1.29 is 14.3 Å². The molecule has 0 spiro atoms. The molecule has 1 aromatic rings. The van der Waals surface area contributed by atoms with Crippen LogP contribution in [0.1, 0.15) is 57.6 Å². The Kier molecular flexibility index (Phi) is 8.10. The molecule has 6 heteroatoms. The second kappa shape index (κ2) is 10.3. The van der Waals surface area contributed by atoms with Crippen molar-refractivity contribution in [2.45, 2.75) is 58.0 Å². The minimum absolute atomic E-state index is 0.0134. The Hall–Kier alpha value is -2.08. The zero-order valence-electron chi connectivity index (χ0n) is 16.7. The van der Waals surface area contributed by atoms with Gasteiger partial charge in [0.15, 0.2) is 0 Å². The van der Waals surface area contributed by atoms with Crippen LogP contribution in [0.15, 0.2) is 24.3 Å². The van der Waals surface area contributed by atoms with Crippen molar-refractivity contribution in [1.82, 2.24) is 10.2 Å². The Labute approximate surface area is 162 Å². The number of para-hydroxylation sites is 1. The molecule has 3 N–H and O–H groups in total. The third-order valence-corrected chi connectivity index (χ3v) is 5.15. The summed E-state index contributed by atoms with van der Waals surface area (Å²) in [7, 11) is 1.62. The van der Waals surface area contributed by atoms with Gasteiger partial charge in [-0.25, -0.2) is 0 Å². The molecule has 2 rings (SSSR count). The highest BCUT2D eigenvalue weighted by molar-refractivity contribution is 5.85. The summed E-state index contributed by atoms with van der Waals surface area (Å²) >= 11 is 0. The number of amides is 2.